The first-order valence-corrected chi connectivity index (χ1v) is 11.5. The standard InChI is InChI=1S/C20H18F3N5.C6H5N3/c1-13-19(20(21,22)23)25-18-11-9-15(26-28(13)18)8-10-17-24-16(12-27(17)2)14-6-4-3-5-7-14;1-3-7-6-2-4-8-9(6)5-1/h3-7,9,11-12H,8,10H2,1-2H3;1-5H. The second-order valence-corrected chi connectivity index (χ2v) is 8.41. The van der Waals surface area contributed by atoms with Crippen LogP contribution < -0.4 is 0 Å². The normalized spacial score (nSPS) is 11.6. The Balaban J connectivity index is 0.000000260. The molecule has 188 valence electrons. The third-order valence-electron chi connectivity index (χ3n) is 5.84. The predicted molar refractivity (Wildman–Crippen MR) is 132 cm³/mol. The minimum Gasteiger partial charge on any atom is -0.337 e. The fourth-order valence-corrected chi connectivity index (χ4v) is 3.97. The summed E-state index contributed by atoms with van der Waals surface area (Å²) in [6, 6.07) is 16.9. The van der Waals surface area contributed by atoms with Crippen molar-refractivity contribution < 1.29 is 13.2 Å². The van der Waals surface area contributed by atoms with Gasteiger partial charge >= 0.3 is 6.18 Å². The van der Waals surface area contributed by atoms with E-state index in [9.17, 15) is 13.2 Å². The number of alkyl halides is 3. The number of rotatable bonds is 4. The number of aryl methyl sites for hydroxylation is 4. The van der Waals surface area contributed by atoms with Gasteiger partial charge in [-0.2, -0.15) is 23.4 Å². The Morgan fingerprint density at radius 3 is 2.43 bits per heavy atom. The van der Waals surface area contributed by atoms with Gasteiger partial charge in [-0.05, 0) is 31.5 Å². The molecule has 6 aromatic rings. The van der Waals surface area contributed by atoms with Crippen molar-refractivity contribution in [2.24, 2.45) is 7.05 Å². The molecule has 6 rings (SSSR count). The quantitative estimate of drug-likeness (QED) is 0.339. The molecule has 0 aliphatic carbocycles. The number of halogens is 3. The largest absolute Gasteiger partial charge is 0.435 e. The van der Waals surface area contributed by atoms with Crippen molar-refractivity contribution in [3.63, 3.8) is 0 Å². The van der Waals surface area contributed by atoms with Crippen LogP contribution in [0.2, 0.25) is 0 Å². The first kappa shape index (κ1) is 24.2. The lowest BCUT2D eigenvalue weighted by Gasteiger charge is -2.04. The number of benzene rings is 1. The minimum absolute atomic E-state index is 0.00675. The van der Waals surface area contributed by atoms with Crippen LogP contribution >= 0.6 is 0 Å². The Bertz CT molecular complexity index is 1620. The number of imidazole rings is 2. The van der Waals surface area contributed by atoms with Gasteiger partial charge in [-0.3, -0.25) is 0 Å². The fraction of sp³-hybridized carbons (Fsp3) is 0.192. The van der Waals surface area contributed by atoms with Crippen molar-refractivity contribution in [2.75, 3.05) is 0 Å². The molecule has 37 heavy (non-hydrogen) atoms. The SMILES string of the molecule is Cc1c(C(F)(F)F)nc2ccc(CCc3nc(-c4ccccc4)cn3C)nn12.c1cnc2ccnn2c1. The molecule has 11 heteroatoms. The highest BCUT2D eigenvalue weighted by molar-refractivity contribution is 5.58. The summed E-state index contributed by atoms with van der Waals surface area (Å²) in [6.45, 7) is 1.38. The van der Waals surface area contributed by atoms with Crippen LogP contribution in [0.1, 0.15) is 22.9 Å². The van der Waals surface area contributed by atoms with Crippen molar-refractivity contribution in [3.8, 4) is 11.3 Å². The minimum atomic E-state index is -4.49. The Hall–Kier alpha value is -4.54. The molecule has 0 atom stereocenters. The van der Waals surface area contributed by atoms with Crippen LogP contribution in [-0.4, -0.2) is 38.7 Å². The van der Waals surface area contributed by atoms with E-state index >= 15 is 0 Å². The zero-order valence-corrected chi connectivity index (χ0v) is 20.1. The molecule has 5 aromatic heterocycles. The molecule has 5 heterocycles. The van der Waals surface area contributed by atoms with Crippen LogP contribution in [0, 0.1) is 6.92 Å². The summed E-state index contributed by atoms with van der Waals surface area (Å²) >= 11 is 0. The fourth-order valence-electron chi connectivity index (χ4n) is 3.97. The maximum Gasteiger partial charge on any atom is 0.435 e. The number of nitrogens with zero attached hydrogens (tertiary/aromatic N) is 8. The Morgan fingerprint density at radius 1 is 0.865 bits per heavy atom. The first-order chi connectivity index (χ1) is 17.8. The van der Waals surface area contributed by atoms with Crippen molar-refractivity contribution in [1.29, 1.82) is 0 Å². The number of aromatic nitrogens is 8. The van der Waals surface area contributed by atoms with E-state index in [1.165, 1.54) is 11.4 Å². The first-order valence-electron chi connectivity index (χ1n) is 11.5. The molecule has 0 aliphatic heterocycles. The van der Waals surface area contributed by atoms with E-state index in [-0.39, 0.29) is 11.3 Å². The van der Waals surface area contributed by atoms with Crippen molar-refractivity contribution in [3.05, 3.63) is 102 Å². The van der Waals surface area contributed by atoms with Gasteiger partial charge in [0.15, 0.2) is 17.0 Å². The Kier molecular flexibility index (Phi) is 6.43. The molecule has 0 saturated heterocycles. The van der Waals surface area contributed by atoms with Crippen LogP contribution in [0.3, 0.4) is 0 Å². The predicted octanol–water partition coefficient (Wildman–Crippen LogP) is 4.97. The van der Waals surface area contributed by atoms with Gasteiger partial charge in [-0.25, -0.2) is 24.0 Å². The van der Waals surface area contributed by atoms with Gasteiger partial charge in [0.1, 0.15) is 5.82 Å². The van der Waals surface area contributed by atoms with E-state index < -0.39 is 11.9 Å². The van der Waals surface area contributed by atoms with Gasteiger partial charge in [0.25, 0.3) is 0 Å². The lowest BCUT2D eigenvalue weighted by molar-refractivity contribution is -0.141. The van der Waals surface area contributed by atoms with Gasteiger partial charge in [0, 0.05) is 43.7 Å². The molecule has 0 radical (unpaired) electrons. The topological polar surface area (TPSA) is 78.2 Å². The van der Waals surface area contributed by atoms with E-state index in [2.05, 4.69) is 25.1 Å². The Labute approximate surface area is 210 Å². The summed E-state index contributed by atoms with van der Waals surface area (Å²) in [7, 11) is 1.93. The van der Waals surface area contributed by atoms with Gasteiger partial charge in [0.05, 0.1) is 23.3 Å². The van der Waals surface area contributed by atoms with Crippen LogP contribution in [0.5, 0.6) is 0 Å². The Morgan fingerprint density at radius 2 is 1.68 bits per heavy atom. The number of hydrogen-bond acceptors (Lipinski definition) is 5. The number of hydrogen-bond donors (Lipinski definition) is 0. The van der Waals surface area contributed by atoms with Gasteiger partial charge in [-0.1, -0.05) is 30.3 Å². The molecule has 0 aliphatic rings. The molecular weight excluding hydrogens is 481 g/mol. The highest BCUT2D eigenvalue weighted by Crippen LogP contribution is 2.31. The molecule has 0 fully saturated rings. The summed E-state index contributed by atoms with van der Waals surface area (Å²) in [5.74, 6) is 0.888. The second kappa shape index (κ2) is 9.84. The molecule has 0 spiro atoms. The van der Waals surface area contributed by atoms with Crippen molar-refractivity contribution >= 4 is 11.3 Å². The van der Waals surface area contributed by atoms with Crippen LogP contribution in [0.15, 0.2) is 79.4 Å². The zero-order valence-electron chi connectivity index (χ0n) is 20.1. The average molecular weight is 505 g/mol. The lowest BCUT2D eigenvalue weighted by atomic mass is 10.2. The molecule has 0 unspecified atom stereocenters. The molecule has 0 N–H and O–H groups in total. The molecule has 0 saturated carbocycles. The number of fused-ring (bicyclic) bond motifs is 2. The maximum absolute atomic E-state index is 13.0. The molecule has 0 amide bonds. The summed E-state index contributed by atoms with van der Waals surface area (Å²) in [5.41, 5.74) is 2.79. The van der Waals surface area contributed by atoms with Gasteiger partial charge < -0.3 is 4.57 Å². The third kappa shape index (κ3) is 5.20. The van der Waals surface area contributed by atoms with Gasteiger partial charge in [0.2, 0.25) is 0 Å². The molecule has 0 bridgehead atoms. The summed E-state index contributed by atoms with van der Waals surface area (Å²) in [4.78, 5) is 12.4. The highest BCUT2D eigenvalue weighted by atomic mass is 19.4. The van der Waals surface area contributed by atoms with Gasteiger partial charge in [-0.15, -0.1) is 0 Å². The van der Waals surface area contributed by atoms with E-state index in [1.807, 2.05) is 66.5 Å². The summed E-state index contributed by atoms with van der Waals surface area (Å²) < 4.78 is 44.0. The second-order valence-electron chi connectivity index (χ2n) is 8.41. The highest BCUT2D eigenvalue weighted by Gasteiger charge is 2.36. The van der Waals surface area contributed by atoms with E-state index in [1.54, 1.807) is 29.0 Å². The van der Waals surface area contributed by atoms with E-state index in [0.29, 0.717) is 18.5 Å². The summed E-state index contributed by atoms with van der Waals surface area (Å²) in [5, 5.41) is 8.31. The molecular formula is C26H23F3N8. The summed E-state index contributed by atoms with van der Waals surface area (Å²) in [6.07, 6.45) is 4.01. The van der Waals surface area contributed by atoms with Crippen LogP contribution in [0.4, 0.5) is 13.2 Å². The van der Waals surface area contributed by atoms with Crippen LogP contribution in [0.25, 0.3) is 22.6 Å². The maximum atomic E-state index is 13.0. The molecule has 8 nitrogen and oxygen atoms in total. The smallest absolute Gasteiger partial charge is 0.337 e. The monoisotopic (exact) mass is 504 g/mol. The van der Waals surface area contributed by atoms with Crippen molar-refractivity contribution in [2.45, 2.75) is 25.9 Å². The van der Waals surface area contributed by atoms with Crippen LogP contribution in [-0.2, 0) is 26.1 Å². The van der Waals surface area contributed by atoms with E-state index in [4.69, 9.17) is 0 Å². The van der Waals surface area contributed by atoms with Crippen molar-refractivity contribution in [1.82, 2.24) is 38.7 Å². The van der Waals surface area contributed by atoms with E-state index in [0.717, 1.165) is 22.7 Å². The third-order valence-corrected chi connectivity index (χ3v) is 5.84. The zero-order chi connectivity index (χ0) is 26.0. The molecule has 1 aromatic carbocycles. The average Bonchev–Trinajstić information content (AvgIpc) is 3.61. The lowest BCUT2D eigenvalue weighted by Crippen LogP contribution is -2.08.